The molecule has 0 amide bonds. The maximum absolute atomic E-state index is 10.8. The van der Waals surface area contributed by atoms with E-state index in [0.29, 0.717) is 4.73 Å². The fourth-order valence-electron chi connectivity index (χ4n) is 0.755. The number of aromatic nitrogens is 1. The van der Waals surface area contributed by atoms with E-state index in [0.717, 1.165) is 0 Å². The summed E-state index contributed by atoms with van der Waals surface area (Å²) < 4.78 is 0.550. The van der Waals surface area contributed by atoms with Crippen LogP contribution in [0.2, 0.25) is 0 Å². The Kier molecular flexibility index (Phi) is 2.06. The van der Waals surface area contributed by atoms with Gasteiger partial charge >= 0.3 is 5.97 Å². The second-order valence-corrected chi connectivity index (χ2v) is 2.09. The predicted molar refractivity (Wildman–Crippen MR) is 36.7 cm³/mol. The van der Waals surface area contributed by atoms with Crippen LogP contribution in [0.25, 0.3) is 0 Å². The highest BCUT2D eigenvalue weighted by molar-refractivity contribution is 5.69. The van der Waals surface area contributed by atoms with Crippen LogP contribution in [0.15, 0.2) is 24.4 Å². The fourth-order valence-corrected chi connectivity index (χ4v) is 0.755. The van der Waals surface area contributed by atoms with Gasteiger partial charge in [0.15, 0.2) is 6.20 Å². The predicted octanol–water partition coefficient (Wildman–Crippen LogP) is -0.0529. The van der Waals surface area contributed by atoms with Gasteiger partial charge in [0.05, 0.1) is 0 Å². The molecule has 0 saturated heterocycles. The highest BCUT2D eigenvalue weighted by atomic mass is 16.5. The van der Waals surface area contributed by atoms with E-state index >= 15 is 0 Å². The topological polar surface area (TPSA) is 64.2 Å². The summed E-state index contributed by atoms with van der Waals surface area (Å²) in [5.74, 6) is -0.999. The molecule has 0 unspecified atom stereocenters. The number of rotatable bonds is 2. The number of nitrogens with zero attached hydrogens (tertiary/aromatic N) is 1. The molecule has 0 aliphatic carbocycles. The number of hydrogen-bond donors (Lipinski definition) is 1. The summed E-state index contributed by atoms with van der Waals surface area (Å²) in [6.07, 6.45) is 1.04. The van der Waals surface area contributed by atoms with Gasteiger partial charge < -0.3 is 10.3 Å². The third kappa shape index (κ3) is 1.93. The number of hydrogen-bond acceptors (Lipinski definition) is 2. The minimum absolute atomic E-state index is 0.232. The van der Waals surface area contributed by atoms with Crippen LogP contribution in [-0.4, -0.2) is 11.1 Å². The Labute approximate surface area is 63.3 Å². The molecule has 0 atom stereocenters. The van der Waals surface area contributed by atoms with Crippen molar-refractivity contribution in [2.24, 2.45) is 0 Å². The molecule has 58 valence electrons. The molecule has 0 aliphatic rings. The van der Waals surface area contributed by atoms with Gasteiger partial charge in [0.2, 0.25) is 5.69 Å². The second kappa shape index (κ2) is 3.01. The molecule has 0 bridgehead atoms. The Hall–Kier alpha value is -1.58. The van der Waals surface area contributed by atoms with Crippen LogP contribution in [0.1, 0.15) is 5.69 Å². The van der Waals surface area contributed by atoms with Crippen molar-refractivity contribution in [2.75, 3.05) is 0 Å². The summed E-state index contributed by atoms with van der Waals surface area (Å²) in [5, 5.41) is 19.1. The van der Waals surface area contributed by atoms with Crippen molar-refractivity contribution in [3.8, 4) is 0 Å². The molecule has 1 heterocycles. The van der Waals surface area contributed by atoms with Crippen molar-refractivity contribution in [3.63, 3.8) is 0 Å². The van der Waals surface area contributed by atoms with Crippen molar-refractivity contribution in [1.82, 2.24) is 0 Å². The lowest BCUT2D eigenvalue weighted by atomic mass is 10.3. The van der Waals surface area contributed by atoms with Crippen LogP contribution in [0.3, 0.4) is 0 Å². The first-order valence-corrected chi connectivity index (χ1v) is 3.09. The number of carboxylic acids is 1. The van der Waals surface area contributed by atoms with E-state index in [1.165, 1.54) is 12.3 Å². The van der Waals surface area contributed by atoms with Gasteiger partial charge in [-0.2, -0.15) is 4.73 Å². The first kappa shape index (κ1) is 7.53. The van der Waals surface area contributed by atoms with Crippen LogP contribution in [-0.2, 0) is 11.2 Å². The van der Waals surface area contributed by atoms with Gasteiger partial charge in [0.1, 0.15) is 6.42 Å². The Balaban J connectivity index is 2.86. The fraction of sp³-hybridized carbons (Fsp3) is 0.143. The largest absolute Gasteiger partial charge is 0.618 e. The van der Waals surface area contributed by atoms with E-state index in [1.807, 2.05) is 0 Å². The first-order valence-electron chi connectivity index (χ1n) is 3.09. The lowest BCUT2D eigenvalue weighted by Crippen LogP contribution is -2.32. The Morgan fingerprint density at radius 1 is 1.64 bits per heavy atom. The van der Waals surface area contributed by atoms with E-state index in [9.17, 15) is 10.0 Å². The van der Waals surface area contributed by atoms with E-state index in [4.69, 9.17) is 5.11 Å². The molecular weight excluding hydrogens is 146 g/mol. The SMILES string of the molecule is O=C(O)Cc1cccc[n+]1[O-]. The molecule has 1 aromatic heterocycles. The highest BCUT2D eigenvalue weighted by Gasteiger charge is 2.07. The maximum Gasteiger partial charge on any atom is 0.314 e. The van der Waals surface area contributed by atoms with Crippen molar-refractivity contribution in [1.29, 1.82) is 0 Å². The van der Waals surface area contributed by atoms with Crippen molar-refractivity contribution >= 4 is 5.97 Å². The Morgan fingerprint density at radius 2 is 2.36 bits per heavy atom. The van der Waals surface area contributed by atoms with Crippen molar-refractivity contribution < 1.29 is 14.6 Å². The quantitative estimate of drug-likeness (QED) is 0.478. The third-order valence-corrected chi connectivity index (χ3v) is 1.24. The molecule has 0 radical (unpaired) electrons. The normalized spacial score (nSPS) is 9.45. The van der Waals surface area contributed by atoms with E-state index < -0.39 is 5.97 Å². The van der Waals surface area contributed by atoms with Crippen LogP contribution in [0.4, 0.5) is 0 Å². The van der Waals surface area contributed by atoms with Gasteiger partial charge in [0.25, 0.3) is 0 Å². The summed E-state index contributed by atoms with van der Waals surface area (Å²) >= 11 is 0. The second-order valence-electron chi connectivity index (χ2n) is 2.09. The van der Waals surface area contributed by atoms with Crippen LogP contribution in [0.5, 0.6) is 0 Å². The van der Waals surface area contributed by atoms with Gasteiger partial charge in [-0.1, -0.05) is 0 Å². The highest BCUT2D eigenvalue weighted by Crippen LogP contribution is 1.91. The molecular formula is C7H7NO3. The molecule has 4 nitrogen and oxygen atoms in total. The van der Waals surface area contributed by atoms with Gasteiger partial charge in [-0.25, -0.2) is 0 Å². The molecule has 11 heavy (non-hydrogen) atoms. The monoisotopic (exact) mass is 153 g/mol. The molecule has 0 saturated carbocycles. The first-order chi connectivity index (χ1) is 5.20. The van der Waals surface area contributed by atoms with Gasteiger partial charge in [0, 0.05) is 12.1 Å². The van der Waals surface area contributed by atoms with Gasteiger partial charge in [-0.3, -0.25) is 4.79 Å². The molecule has 0 fully saturated rings. The molecule has 0 spiro atoms. The van der Waals surface area contributed by atoms with E-state index in [-0.39, 0.29) is 12.1 Å². The average Bonchev–Trinajstić information content (AvgIpc) is 1.93. The third-order valence-electron chi connectivity index (χ3n) is 1.24. The van der Waals surface area contributed by atoms with Crippen molar-refractivity contribution in [2.45, 2.75) is 6.42 Å². The van der Waals surface area contributed by atoms with E-state index in [1.54, 1.807) is 12.1 Å². The molecule has 4 heteroatoms. The maximum atomic E-state index is 10.8. The van der Waals surface area contributed by atoms with Crippen LogP contribution in [0, 0.1) is 5.21 Å². The van der Waals surface area contributed by atoms with Gasteiger partial charge in [-0.05, 0) is 6.07 Å². The molecule has 1 N–H and O–H groups in total. The summed E-state index contributed by atoms with van der Waals surface area (Å²) in [4.78, 5) is 10.2. The summed E-state index contributed by atoms with van der Waals surface area (Å²) in [7, 11) is 0. The zero-order chi connectivity index (χ0) is 8.27. The standard InChI is InChI=1S/C7H7NO3/c9-7(10)5-6-3-1-2-4-8(6)11/h1-4H,5H2,(H,9,10). The minimum Gasteiger partial charge on any atom is -0.618 e. The lowest BCUT2D eigenvalue weighted by molar-refractivity contribution is -0.613. The summed E-state index contributed by atoms with van der Waals surface area (Å²) in [6.45, 7) is 0. The Bertz CT molecular complexity index is 272. The van der Waals surface area contributed by atoms with Crippen LogP contribution >= 0.6 is 0 Å². The molecule has 1 aromatic rings. The number of carbonyl (C=O) groups is 1. The molecule has 1 rings (SSSR count). The number of pyridine rings is 1. The summed E-state index contributed by atoms with van der Waals surface area (Å²) in [5.41, 5.74) is 0.250. The Morgan fingerprint density at radius 3 is 2.91 bits per heavy atom. The smallest absolute Gasteiger partial charge is 0.314 e. The zero-order valence-corrected chi connectivity index (χ0v) is 5.73. The van der Waals surface area contributed by atoms with E-state index in [2.05, 4.69) is 0 Å². The number of carboxylic acid groups (broad SMARTS) is 1. The zero-order valence-electron chi connectivity index (χ0n) is 5.73. The van der Waals surface area contributed by atoms with Crippen LogP contribution < -0.4 is 4.73 Å². The lowest BCUT2D eigenvalue weighted by Gasteiger charge is -1.99. The molecule has 0 aromatic carbocycles. The summed E-state index contributed by atoms with van der Waals surface area (Å²) in [6, 6.07) is 4.67. The van der Waals surface area contributed by atoms with Crippen molar-refractivity contribution in [3.05, 3.63) is 35.3 Å². The minimum atomic E-state index is -0.999. The average molecular weight is 153 g/mol. The molecule has 0 aliphatic heterocycles. The van der Waals surface area contributed by atoms with Gasteiger partial charge in [-0.15, -0.1) is 0 Å². The number of aliphatic carboxylic acids is 1.